The predicted octanol–water partition coefficient (Wildman–Crippen LogP) is 3.67. The van der Waals surface area contributed by atoms with Crippen molar-refractivity contribution in [2.75, 3.05) is 12.4 Å². The van der Waals surface area contributed by atoms with E-state index in [4.69, 9.17) is 9.72 Å². The van der Waals surface area contributed by atoms with Crippen LogP contribution in [0.4, 0.5) is 5.95 Å². The SMILES string of the molecule is CCn1cnc(NC(=O)c2cc3c(nc2OC)nc(C(O)(c2ccccc2)c2ccsc2)n3CC)n1. The summed E-state index contributed by atoms with van der Waals surface area (Å²) >= 11 is 1.49. The maximum Gasteiger partial charge on any atom is 0.263 e. The van der Waals surface area contributed by atoms with Gasteiger partial charge in [-0.2, -0.15) is 16.3 Å². The number of anilines is 1. The minimum Gasteiger partial charge on any atom is -0.480 e. The van der Waals surface area contributed by atoms with E-state index < -0.39 is 11.5 Å². The van der Waals surface area contributed by atoms with Gasteiger partial charge in [0.05, 0.1) is 12.6 Å². The average molecular weight is 504 g/mol. The van der Waals surface area contributed by atoms with Crippen molar-refractivity contribution in [1.29, 1.82) is 0 Å². The number of imidazole rings is 1. The lowest BCUT2D eigenvalue weighted by molar-refractivity contribution is 0.102. The summed E-state index contributed by atoms with van der Waals surface area (Å²) in [6.45, 7) is 5.00. The predicted molar refractivity (Wildman–Crippen MR) is 136 cm³/mol. The van der Waals surface area contributed by atoms with Crippen molar-refractivity contribution in [2.45, 2.75) is 32.5 Å². The average Bonchev–Trinajstić information content (AvgIpc) is 3.67. The summed E-state index contributed by atoms with van der Waals surface area (Å²) in [7, 11) is 1.44. The Hall–Kier alpha value is -4.09. The van der Waals surface area contributed by atoms with Gasteiger partial charge in [-0.1, -0.05) is 30.3 Å². The van der Waals surface area contributed by atoms with Crippen LogP contribution in [0.15, 0.2) is 59.6 Å². The van der Waals surface area contributed by atoms with E-state index in [1.807, 2.05) is 65.6 Å². The van der Waals surface area contributed by atoms with E-state index in [1.165, 1.54) is 18.4 Å². The first-order valence-corrected chi connectivity index (χ1v) is 12.4. The monoisotopic (exact) mass is 503 g/mol. The number of nitrogens with one attached hydrogen (secondary N) is 1. The first-order chi connectivity index (χ1) is 17.5. The molecule has 0 radical (unpaired) electrons. The second-order valence-corrected chi connectivity index (χ2v) is 8.81. The molecule has 0 saturated carbocycles. The topological polar surface area (TPSA) is 120 Å². The maximum atomic E-state index is 13.1. The van der Waals surface area contributed by atoms with Crippen LogP contribution in [0.3, 0.4) is 0 Å². The van der Waals surface area contributed by atoms with E-state index in [1.54, 1.807) is 17.1 Å². The number of benzene rings is 1. The zero-order chi connectivity index (χ0) is 25.3. The third-order valence-electron chi connectivity index (χ3n) is 6.00. The quantitative estimate of drug-likeness (QED) is 0.331. The molecule has 4 aromatic heterocycles. The van der Waals surface area contributed by atoms with Gasteiger partial charge in [0.15, 0.2) is 17.1 Å². The molecule has 1 amide bonds. The van der Waals surface area contributed by atoms with E-state index in [0.717, 1.165) is 0 Å². The third kappa shape index (κ3) is 3.91. The van der Waals surface area contributed by atoms with Crippen molar-refractivity contribution < 1.29 is 14.6 Å². The Balaban J connectivity index is 1.66. The van der Waals surface area contributed by atoms with Gasteiger partial charge in [0.1, 0.15) is 11.9 Å². The molecule has 11 heteroatoms. The molecule has 0 aliphatic carbocycles. The summed E-state index contributed by atoms with van der Waals surface area (Å²) < 4.78 is 8.92. The molecule has 0 bridgehead atoms. The smallest absolute Gasteiger partial charge is 0.263 e. The minimum atomic E-state index is -1.52. The Bertz CT molecular complexity index is 1510. The molecule has 1 aromatic carbocycles. The lowest BCUT2D eigenvalue weighted by atomic mass is 9.87. The first kappa shape index (κ1) is 23.6. The number of pyridine rings is 1. The van der Waals surface area contributed by atoms with Gasteiger partial charge < -0.3 is 14.4 Å². The van der Waals surface area contributed by atoms with Crippen molar-refractivity contribution in [3.05, 3.63) is 82.1 Å². The molecule has 184 valence electrons. The van der Waals surface area contributed by atoms with Crippen LogP contribution in [0.1, 0.15) is 41.2 Å². The molecule has 5 rings (SSSR count). The van der Waals surface area contributed by atoms with Gasteiger partial charge in [0.25, 0.3) is 5.91 Å². The molecule has 5 aromatic rings. The van der Waals surface area contributed by atoms with Crippen LogP contribution >= 0.6 is 11.3 Å². The normalized spacial score (nSPS) is 13.0. The minimum absolute atomic E-state index is 0.112. The summed E-state index contributed by atoms with van der Waals surface area (Å²) in [4.78, 5) is 26.5. The van der Waals surface area contributed by atoms with Crippen molar-refractivity contribution in [2.24, 2.45) is 0 Å². The van der Waals surface area contributed by atoms with Gasteiger partial charge >= 0.3 is 0 Å². The number of rotatable bonds is 8. The zero-order valence-corrected chi connectivity index (χ0v) is 20.9. The van der Waals surface area contributed by atoms with Gasteiger partial charge in [-0.3, -0.25) is 14.8 Å². The number of hydrogen-bond acceptors (Lipinski definition) is 8. The highest BCUT2D eigenvalue weighted by Crippen LogP contribution is 2.39. The number of aliphatic hydroxyl groups is 1. The van der Waals surface area contributed by atoms with E-state index in [-0.39, 0.29) is 17.4 Å². The molecule has 1 atom stereocenters. The fourth-order valence-corrected chi connectivity index (χ4v) is 4.89. The van der Waals surface area contributed by atoms with Crippen LogP contribution in [0.2, 0.25) is 0 Å². The van der Waals surface area contributed by atoms with Crippen LogP contribution in [-0.4, -0.2) is 47.4 Å². The molecule has 1 unspecified atom stereocenters. The molecule has 0 fully saturated rings. The third-order valence-corrected chi connectivity index (χ3v) is 6.68. The molecular weight excluding hydrogens is 478 g/mol. The fourth-order valence-electron chi connectivity index (χ4n) is 4.19. The number of thiophene rings is 1. The molecular formula is C25H25N7O3S. The summed E-state index contributed by atoms with van der Waals surface area (Å²) in [5, 5.41) is 22.9. The number of aromatic nitrogens is 6. The summed E-state index contributed by atoms with van der Waals surface area (Å²) in [5.74, 6) is 0.238. The Labute approximate surface area is 211 Å². The summed E-state index contributed by atoms with van der Waals surface area (Å²) in [5.41, 5.74) is 1.01. The van der Waals surface area contributed by atoms with Crippen LogP contribution in [0, 0.1) is 0 Å². The zero-order valence-electron chi connectivity index (χ0n) is 20.0. The Morgan fingerprint density at radius 3 is 2.58 bits per heavy atom. The van der Waals surface area contributed by atoms with E-state index in [9.17, 15) is 9.90 Å². The Morgan fingerprint density at radius 1 is 1.14 bits per heavy atom. The Kier molecular flexibility index (Phi) is 6.25. The number of ether oxygens (including phenoxy) is 1. The highest BCUT2D eigenvalue weighted by Gasteiger charge is 2.39. The lowest BCUT2D eigenvalue weighted by Crippen LogP contribution is -2.32. The number of methoxy groups -OCH3 is 1. The van der Waals surface area contributed by atoms with Crippen LogP contribution in [0.25, 0.3) is 11.2 Å². The molecule has 0 saturated heterocycles. The van der Waals surface area contributed by atoms with E-state index >= 15 is 0 Å². The van der Waals surface area contributed by atoms with Gasteiger partial charge in [-0.05, 0) is 42.3 Å². The summed E-state index contributed by atoms with van der Waals surface area (Å²) in [6.07, 6.45) is 1.54. The number of carbonyl (C=O) groups is 1. The number of nitrogens with zero attached hydrogens (tertiary/aromatic N) is 6. The van der Waals surface area contributed by atoms with Crippen molar-refractivity contribution in [1.82, 2.24) is 29.3 Å². The highest BCUT2D eigenvalue weighted by molar-refractivity contribution is 7.08. The summed E-state index contributed by atoms with van der Waals surface area (Å²) in [6, 6.07) is 12.9. The molecule has 0 spiro atoms. The largest absolute Gasteiger partial charge is 0.480 e. The number of fused-ring (bicyclic) bond motifs is 1. The number of carbonyl (C=O) groups excluding carboxylic acids is 1. The lowest BCUT2D eigenvalue weighted by Gasteiger charge is -2.28. The number of amides is 1. The van der Waals surface area contributed by atoms with Gasteiger partial charge in [-0.15, -0.1) is 5.10 Å². The maximum absolute atomic E-state index is 13.1. The van der Waals surface area contributed by atoms with Gasteiger partial charge in [0.2, 0.25) is 11.8 Å². The molecule has 0 aliphatic rings. The standard InChI is InChI=1S/C25H25N7O3S/c1-4-31-15-26-24(30-31)29-21(33)18-13-19-20(27-22(18)35-3)28-23(32(19)5-2)25(34,17-11-12-36-14-17)16-9-7-6-8-10-16/h6-15,34H,4-5H2,1-3H3,(H,29,30,33). The van der Waals surface area contributed by atoms with Crippen LogP contribution in [-0.2, 0) is 18.7 Å². The van der Waals surface area contributed by atoms with E-state index in [0.29, 0.717) is 41.2 Å². The Morgan fingerprint density at radius 2 is 1.94 bits per heavy atom. The molecule has 10 nitrogen and oxygen atoms in total. The first-order valence-electron chi connectivity index (χ1n) is 11.5. The van der Waals surface area contributed by atoms with Crippen LogP contribution in [0.5, 0.6) is 5.88 Å². The molecule has 0 aliphatic heterocycles. The van der Waals surface area contributed by atoms with Crippen molar-refractivity contribution in [3.8, 4) is 5.88 Å². The fraction of sp³-hybridized carbons (Fsp3) is 0.240. The van der Waals surface area contributed by atoms with E-state index in [2.05, 4.69) is 20.4 Å². The molecule has 2 N–H and O–H groups in total. The van der Waals surface area contributed by atoms with Gasteiger partial charge in [-0.25, -0.2) is 9.97 Å². The second-order valence-electron chi connectivity index (χ2n) is 8.03. The van der Waals surface area contributed by atoms with Crippen molar-refractivity contribution >= 4 is 34.4 Å². The molecule has 36 heavy (non-hydrogen) atoms. The van der Waals surface area contributed by atoms with Crippen LogP contribution < -0.4 is 10.1 Å². The number of hydrogen-bond donors (Lipinski definition) is 2. The number of aryl methyl sites for hydroxylation is 2. The molecule has 4 heterocycles. The second kappa shape index (κ2) is 9.51. The van der Waals surface area contributed by atoms with Gasteiger partial charge in [0, 0.05) is 18.7 Å². The van der Waals surface area contributed by atoms with Crippen molar-refractivity contribution in [3.63, 3.8) is 0 Å². The highest BCUT2D eigenvalue weighted by atomic mass is 32.1.